The van der Waals surface area contributed by atoms with E-state index in [0.29, 0.717) is 6.10 Å². The van der Waals surface area contributed by atoms with Crippen LogP contribution in [0.1, 0.15) is 25.0 Å². The molecule has 1 fully saturated rings. The molecule has 0 aliphatic carbocycles. The van der Waals surface area contributed by atoms with E-state index in [1.54, 1.807) is 0 Å². The van der Waals surface area contributed by atoms with Crippen molar-refractivity contribution < 1.29 is 9.15 Å². The molecule has 1 unspecified atom stereocenters. The van der Waals surface area contributed by atoms with Gasteiger partial charge in [-0.3, -0.25) is 0 Å². The molecule has 2 heterocycles. The van der Waals surface area contributed by atoms with E-state index in [9.17, 15) is 0 Å². The Hall–Kier alpha value is -0.0700. The smallest absolute Gasteiger partial charge is 0.164 e. The van der Waals surface area contributed by atoms with Gasteiger partial charge in [-0.15, -0.1) is 0 Å². The summed E-state index contributed by atoms with van der Waals surface area (Å²) in [5.74, 6) is 1.01. The summed E-state index contributed by atoms with van der Waals surface area (Å²) in [5.41, 5.74) is 0. The topological polar surface area (TPSA) is 34.4 Å². The SMILES string of the molecule is Ic1ccc(CNCCC2CCCO2)o1. The molecule has 1 aliphatic rings. The third-order valence-electron chi connectivity index (χ3n) is 2.60. The minimum Gasteiger partial charge on any atom is -0.454 e. The maximum absolute atomic E-state index is 5.54. The Morgan fingerprint density at radius 1 is 1.47 bits per heavy atom. The zero-order valence-electron chi connectivity index (χ0n) is 8.67. The lowest BCUT2D eigenvalue weighted by atomic mass is 10.2. The van der Waals surface area contributed by atoms with E-state index in [1.165, 1.54) is 12.8 Å². The first-order chi connectivity index (χ1) is 7.34. The van der Waals surface area contributed by atoms with Gasteiger partial charge < -0.3 is 14.5 Å². The van der Waals surface area contributed by atoms with Crippen LogP contribution in [-0.2, 0) is 11.3 Å². The van der Waals surface area contributed by atoms with Crippen molar-refractivity contribution in [3.05, 3.63) is 21.7 Å². The largest absolute Gasteiger partial charge is 0.454 e. The van der Waals surface area contributed by atoms with Crippen LogP contribution in [0.15, 0.2) is 16.5 Å². The molecular formula is C11H16INO2. The molecule has 84 valence electrons. The highest BCUT2D eigenvalue weighted by Gasteiger charge is 2.14. The monoisotopic (exact) mass is 321 g/mol. The maximum Gasteiger partial charge on any atom is 0.164 e. The lowest BCUT2D eigenvalue weighted by molar-refractivity contribution is 0.104. The summed E-state index contributed by atoms with van der Waals surface area (Å²) >= 11 is 2.18. The summed E-state index contributed by atoms with van der Waals surface area (Å²) in [7, 11) is 0. The quantitative estimate of drug-likeness (QED) is 0.669. The van der Waals surface area contributed by atoms with Crippen molar-refractivity contribution in [2.75, 3.05) is 13.2 Å². The highest BCUT2D eigenvalue weighted by molar-refractivity contribution is 14.1. The highest BCUT2D eigenvalue weighted by atomic mass is 127. The lowest BCUT2D eigenvalue weighted by Gasteiger charge is -2.08. The Balaban J connectivity index is 1.58. The van der Waals surface area contributed by atoms with Gasteiger partial charge in [-0.05, 0) is 60.5 Å². The van der Waals surface area contributed by atoms with Gasteiger partial charge in [0.25, 0.3) is 0 Å². The second-order valence-corrected chi connectivity index (χ2v) is 4.87. The third-order valence-corrected chi connectivity index (χ3v) is 3.17. The first-order valence-electron chi connectivity index (χ1n) is 5.41. The third kappa shape index (κ3) is 3.77. The predicted molar refractivity (Wildman–Crippen MR) is 66.7 cm³/mol. The van der Waals surface area contributed by atoms with E-state index in [1.807, 2.05) is 12.1 Å². The Labute approximate surface area is 104 Å². The molecule has 0 aromatic carbocycles. The van der Waals surface area contributed by atoms with Crippen molar-refractivity contribution in [2.24, 2.45) is 0 Å². The van der Waals surface area contributed by atoms with Gasteiger partial charge in [-0.25, -0.2) is 0 Å². The van der Waals surface area contributed by atoms with Crippen LogP contribution in [0.2, 0.25) is 0 Å². The molecule has 1 aromatic heterocycles. The molecule has 15 heavy (non-hydrogen) atoms. The van der Waals surface area contributed by atoms with Gasteiger partial charge in [0.15, 0.2) is 3.77 Å². The number of rotatable bonds is 5. The molecule has 0 saturated carbocycles. The number of ether oxygens (including phenoxy) is 1. The van der Waals surface area contributed by atoms with Gasteiger partial charge in [0.2, 0.25) is 0 Å². The Kier molecular flexibility index (Phi) is 4.46. The van der Waals surface area contributed by atoms with Crippen molar-refractivity contribution in [1.82, 2.24) is 5.32 Å². The predicted octanol–water partition coefficient (Wildman–Crippen LogP) is 2.54. The number of hydrogen-bond donors (Lipinski definition) is 1. The average Bonchev–Trinajstić information content (AvgIpc) is 2.84. The number of furan rings is 1. The number of halogens is 1. The van der Waals surface area contributed by atoms with Gasteiger partial charge in [-0.2, -0.15) is 0 Å². The fraction of sp³-hybridized carbons (Fsp3) is 0.636. The van der Waals surface area contributed by atoms with Crippen molar-refractivity contribution in [3.8, 4) is 0 Å². The second kappa shape index (κ2) is 5.86. The van der Waals surface area contributed by atoms with Gasteiger partial charge in [0.05, 0.1) is 12.6 Å². The van der Waals surface area contributed by atoms with Crippen molar-refractivity contribution >= 4 is 22.6 Å². The second-order valence-electron chi connectivity index (χ2n) is 3.81. The van der Waals surface area contributed by atoms with E-state index >= 15 is 0 Å². The molecule has 0 radical (unpaired) electrons. The summed E-state index contributed by atoms with van der Waals surface area (Å²) < 4.78 is 11.9. The minimum absolute atomic E-state index is 0.481. The van der Waals surface area contributed by atoms with Crippen LogP contribution in [-0.4, -0.2) is 19.3 Å². The van der Waals surface area contributed by atoms with Crippen molar-refractivity contribution in [2.45, 2.75) is 31.9 Å². The normalized spacial score (nSPS) is 21.0. The Morgan fingerprint density at radius 2 is 2.40 bits per heavy atom. The molecule has 1 aliphatic heterocycles. The molecule has 0 bridgehead atoms. The van der Waals surface area contributed by atoms with Crippen molar-refractivity contribution in [1.29, 1.82) is 0 Å². The van der Waals surface area contributed by atoms with Crippen LogP contribution in [0, 0.1) is 3.77 Å². The van der Waals surface area contributed by atoms with E-state index in [0.717, 1.165) is 35.6 Å². The molecule has 3 nitrogen and oxygen atoms in total. The molecule has 1 atom stereocenters. The standard InChI is InChI=1S/C11H16INO2/c12-11-4-3-10(15-11)8-13-6-5-9-2-1-7-14-9/h3-4,9,13H,1-2,5-8H2. The average molecular weight is 321 g/mol. The summed E-state index contributed by atoms with van der Waals surface area (Å²) in [6, 6.07) is 4.00. The van der Waals surface area contributed by atoms with E-state index in [4.69, 9.17) is 9.15 Å². The van der Waals surface area contributed by atoms with E-state index in [2.05, 4.69) is 27.9 Å². The zero-order valence-corrected chi connectivity index (χ0v) is 10.8. The fourth-order valence-corrected chi connectivity index (χ4v) is 2.26. The fourth-order valence-electron chi connectivity index (χ4n) is 1.79. The van der Waals surface area contributed by atoms with E-state index < -0.39 is 0 Å². The van der Waals surface area contributed by atoms with Crippen LogP contribution in [0.4, 0.5) is 0 Å². The first kappa shape index (κ1) is 11.4. The molecular weight excluding hydrogens is 305 g/mol. The maximum atomic E-state index is 5.54. The summed E-state index contributed by atoms with van der Waals surface area (Å²) in [5, 5.41) is 3.36. The highest BCUT2D eigenvalue weighted by Crippen LogP contribution is 2.14. The molecule has 1 N–H and O–H groups in total. The zero-order chi connectivity index (χ0) is 10.5. The molecule has 0 spiro atoms. The Morgan fingerprint density at radius 3 is 3.07 bits per heavy atom. The van der Waals surface area contributed by atoms with Gasteiger partial charge in [-0.1, -0.05) is 0 Å². The Bertz CT molecular complexity index is 295. The summed E-state index contributed by atoms with van der Waals surface area (Å²) in [6.07, 6.45) is 4.04. The van der Waals surface area contributed by atoms with Crippen molar-refractivity contribution in [3.63, 3.8) is 0 Å². The van der Waals surface area contributed by atoms with Gasteiger partial charge in [0, 0.05) is 6.61 Å². The van der Waals surface area contributed by atoms with Crippen LogP contribution in [0.3, 0.4) is 0 Å². The summed E-state index contributed by atoms with van der Waals surface area (Å²) in [6.45, 7) is 2.76. The summed E-state index contributed by atoms with van der Waals surface area (Å²) in [4.78, 5) is 0. The van der Waals surface area contributed by atoms with Crippen LogP contribution in [0.25, 0.3) is 0 Å². The van der Waals surface area contributed by atoms with Crippen LogP contribution >= 0.6 is 22.6 Å². The molecule has 4 heteroatoms. The van der Waals surface area contributed by atoms with Crippen LogP contribution < -0.4 is 5.32 Å². The van der Waals surface area contributed by atoms with Gasteiger partial charge in [0.1, 0.15) is 5.76 Å². The number of hydrogen-bond acceptors (Lipinski definition) is 3. The van der Waals surface area contributed by atoms with Gasteiger partial charge >= 0.3 is 0 Å². The first-order valence-corrected chi connectivity index (χ1v) is 6.49. The lowest BCUT2D eigenvalue weighted by Crippen LogP contribution is -2.19. The molecule has 1 aromatic rings. The molecule has 2 rings (SSSR count). The molecule has 1 saturated heterocycles. The van der Waals surface area contributed by atoms with Crippen LogP contribution in [0.5, 0.6) is 0 Å². The number of nitrogens with one attached hydrogen (secondary N) is 1. The molecule has 0 amide bonds. The van der Waals surface area contributed by atoms with E-state index in [-0.39, 0.29) is 0 Å². The minimum atomic E-state index is 0.481.